The normalized spacial score (nSPS) is 23.6. The van der Waals surface area contributed by atoms with Gasteiger partial charge in [0.2, 0.25) is 0 Å². The second-order valence-electron chi connectivity index (χ2n) is 15.1. The van der Waals surface area contributed by atoms with E-state index >= 15 is 0 Å². The lowest BCUT2D eigenvalue weighted by Crippen LogP contribution is -2.83. The fourth-order valence-electron chi connectivity index (χ4n) is 10.1. The first-order valence-electron chi connectivity index (χ1n) is 18.6. The van der Waals surface area contributed by atoms with Crippen molar-refractivity contribution in [3.63, 3.8) is 0 Å². The van der Waals surface area contributed by atoms with Crippen molar-refractivity contribution in [1.29, 1.82) is 0 Å². The maximum Gasteiger partial charge on any atom is 0.178 e. The second-order valence-corrected chi connectivity index (χ2v) is 15.1. The summed E-state index contributed by atoms with van der Waals surface area (Å²) in [4.78, 5) is 0. The molecule has 1 saturated carbocycles. The Morgan fingerprint density at radius 1 is 0.745 bits per heavy atom. The van der Waals surface area contributed by atoms with Crippen molar-refractivity contribution in [1.82, 2.24) is 4.57 Å². The number of fused-ring (bicyclic) bond motifs is 8. The zero-order chi connectivity index (χ0) is 33.7. The standard InChI is InChI=1S/C48H39N3/c1-2-35-37-22-20-31(30-13-5-3-6-14-30)28-42(37)50-47-45(35)39-24-23-36(44-38-18-9-10-19-43(38)51(47)46(39)44)32-21-25-41(49-34-16-7-4-8-17-34)40(27-32)48-26-12-11-15-33(48)29-48/h3-28,33,35,45,47,49-50H,2,29H2,1H3/p+1. The van der Waals surface area contributed by atoms with Crippen LogP contribution in [0.15, 0.2) is 158 Å². The first kappa shape index (κ1) is 29.1. The molecule has 1 aromatic heterocycles. The predicted molar refractivity (Wildman–Crippen MR) is 211 cm³/mol. The van der Waals surface area contributed by atoms with Gasteiger partial charge in [0.25, 0.3) is 0 Å². The van der Waals surface area contributed by atoms with Crippen molar-refractivity contribution >= 4 is 38.9 Å². The van der Waals surface area contributed by atoms with Gasteiger partial charge >= 0.3 is 0 Å². The van der Waals surface area contributed by atoms with E-state index in [-0.39, 0.29) is 11.6 Å². The Morgan fingerprint density at radius 2 is 1.53 bits per heavy atom. The molecule has 0 bridgehead atoms. The first-order chi connectivity index (χ1) is 25.2. The third-order valence-electron chi connectivity index (χ3n) is 12.5. The summed E-state index contributed by atoms with van der Waals surface area (Å²) in [6.45, 7) is 2.38. The lowest BCUT2D eigenvalue weighted by molar-refractivity contribution is -0.642. The van der Waals surface area contributed by atoms with Gasteiger partial charge in [0.1, 0.15) is 5.69 Å². The van der Waals surface area contributed by atoms with E-state index in [2.05, 4.69) is 180 Å². The molecular formula is C48H40N3+. The third-order valence-corrected chi connectivity index (χ3v) is 12.5. The largest absolute Gasteiger partial charge is 0.355 e. The van der Waals surface area contributed by atoms with Crippen LogP contribution in [-0.2, 0) is 5.41 Å². The number of benzene rings is 6. The molecule has 3 heterocycles. The highest BCUT2D eigenvalue weighted by Crippen LogP contribution is 2.61. The molecule has 4 aliphatic rings. The van der Waals surface area contributed by atoms with Crippen LogP contribution in [0.2, 0.25) is 0 Å². The van der Waals surface area contributed by atoms with Crippen LogP contribution in [-0.4, -0.2) is 4.57 Å². The number of nitrogens with two attached hydrogens (primary N) is 1. The Bertz CT molecular complexity index is 2580. The number of quaternary nitrogens is 1. The summed E-state index contributed by atoms with van der Waals surface area (Å²) >= 11 is 0. The summed E-state index contributed by atoms with van der Waals surface area (Å²) in [5.41, 5.74) is 16.1. The SMILES string of the molecule is CCC1c2ccc(-c3ccccc3)cc2[NH2+]C2C1c1ccc(-c3ccc(Nc4ccccc4)c(C45C=CC=CC4C5)c3)c3c4ccccc4n2c13. The van der Waals surface area contributed by atoms with Crippen LogP contribution in [0.4, 0.5) is 17.1 Å². The summed E-state index contributed by atoms with van der Waals surface area (Å²) in [6, 6.07) is 49.8. The minimum Gasteiger partial charge on any atom is -0.355 e. The Labute approximate surface area is 299 Å². The summed E-state index contributed by atoms with van der Waals surface area (Å²) in [6.07, 6.45) is 11.9. The van der Waals surface area contributed by atoms with Crippen LogP contribution < -0.4 is 10.6 Å². The zero-order valence-electron chi connectivity index (χ0n) is 28.8. The minimum absolute atomic E-state index is 0.0471. The van der Waals surface area contributed by atoms with E-state index in [0.717, 1.165) is 18.5 Å². The van der Waals surface area contributed by atoms with E-state index in [1.165, 1.54) is 72.1 Å². The highest BCUT2D eigenvalue weighted by Gasteiger charge is 2.54. The average Bonchev–Trinajstić information content (AvgIpc) is 3.73. The molecule has 0 spiro atoms. The van der Waals surface area contributed by atoms with Crippen molar-refractivity contribution < 1.29 is 5.32 Å². The smallest absolute Gasteiger partial charge is 0.178 e. The molecule has 0 radical (unpaired) electrons. The Balaban J connectivity index is 1.09. The summed E-state index contributed by atoms with van der Waals surface area (Å²) in [5.74, 6) is 1.42. The fraction of sp³-hybridized carbons (Fsp3) is 0.167. The monoisotopic (exact) mass is 658 g/mol. The van der Waals surface area contributed by atoms with Gasteiger partial charge in [0.05, 0.1) is 17.0 Å². The van der Waals surface area contributed by atoms with Gasteiger partial charge in [-0.2, -0.15) is 0 Å². The van der Waals surface area contributed by atoms with Crippen molar-refractivity contribution in [2.45, 2.75) is 43.2 Å². The molecule has 3 N–H and O–H groups in total. The Morgan fingerprint density at radius 3 is 2.37 bits per heavy atom. The summed E-state index contributed by atoms with van der Waals surface area (Å²) in [7, 11) is 0. The van der Waals surface area contributed by atoms with E-state index in [1.54, 1.807) is 0 Å². The first-order valence-corrected chi connectivity index (χ1v) is 18.6. The second kappa shape index (κ2) is 10.9. The number of anilines is 2. The number of aromatic nitrogens is 1. The molecule has 6 aromatic carbocycles. The fourth-order valence-corrected chi connectivity index (χ4v) is 10.1. The number of allylic oxidation sites excluding steroid dienone is 4. The van der Waals surface area contributed by atoms with Crippen LogP contribution in [0, 0.1) is 5.92 Å². The van der Waals surface area contributed by atoms with Gasteiger partial charge in [0.15, 0.2) is 6.17 Å². The van der Waals surface area contributed by atoms with E-state index < -0.39 is 0 Å². The number of hydrogen-bond acceptors (Lipinski definition) is 1. The van der Waals surface area contributed by atoms with Gasteiger partial charge in [-0.25, -0.2) is 0 Å². The highest BCUT2D eigenvalue weighted by molar-refractivity contribution is 6.16. The Kier molecular flexibility index (Phi) is 6.24. The summed E-state index contributed by atoms with van der Waals surface area (Å²) < 4.78 is 2.70. The van der Waals surface area contributed by atoms with Crippen molar-refractivity contribution in [2.75, 3.05) is 5.32 Å². The predicted octanol–water partition coefficient (Wildman–Crippen LogP) is 11.3. The quantitative estimate of drug-likeness (QED) is 0.171. The van der Waals surface area contributed by atoms with E-state index in [4.69, 9.17) is 0 Å². The molecular weight excluding hydrogens is 619 g/mol. The van der Waals surface area contributed by atoms with Crippen LogP contribution in [0.1, 0.15) is 54.5 Å². The maximum atomic E-state index is 3.79. The minimum atomic E-state index is 0.0471. The lowest BCUT2D eigenvalue weighted by Gasteiger charge is -2.34. The molecule has 1 fully saturated rings. The molecule has 51 heavy (non-hydrogen) atoms. The van der Waals surface area contributed by atoms with Crippen LogP contribution >= 0.6 is 0 Å². The average molecular weight is 659 g/mol. The molecule has 0 amide bonds. The number of hydrogen-bond donors (Lipinski definition) is 2. The van der Waals surface area contributed by atoms with E-state index in [1.807, 2.05) is 0 Å². The Hall–Kier alpha value is -5.64. The molecule has 5 unspecified atom stereocenters. The number of nitrogens with zero attached hydrogens (tertiary/aromatic N) is 1. The third kappa shape index (κ3) is 4.22. The molecule has 2 aliphatic carbocycles. The summed E-state index contributed by atoms with van der Waals surface area (Å²) in [5, 5.41) is 9.12. The number of nitrogens with one attached hydrogen (secondary N) is 1. The van der Waals surface area contributed by atoms with Crippen LogP contribution in [0.25, 0.3) is 44.1 Å². The van der Waals surface area contributed by atoms with Gasteiger partial charge in [-0.3, -0.25) is 9.88 Å². The molecule has 3 heteroatoms. The van der Waals surface area contributed by atoms with E-state index in [0.29, 0.717) is 17.8 Å². The maximum absolute atomic E-state index is 3.79. The van der Waals surface area contributed by atoms with Gasteiger partial charge in [-0.05, 0) is 82.5 Å². The van der Waals surface area contributed by atoms with E-state index in [9.17, 15) is 0 Å². The molecule has 7 aromatic rings. The van der Waals surface area contributed by atoms with Gasteiger partial charge in [-0.15, -0.1) is 0 Å². The zero-order valence-corrected chi connectivity index (χ0v) is 28.8. The number of rotatable bonds is 6. The molecule has 0 saturated heterocycles. The number of para-hydroxylation sites is 2. The molecule has 2 aliphatic heterocycles. The van der Waals surface area contributed by atoms with Gasteiger partial charge in [-0.1, -0.05) is 128 Å². The molecule has 3 nitrogen and oxygen atoms in total. The van der Waals surface area contributed by atoms with Crippen molar-refractivity contribution in [3.8, 4) is 22.3 Å². The topological polar surface area (TPSA) is 33.6 Å². The van der Waals surface area contributed by atoms with Crippen molar-refractivity contribution in [2.24, 2.45) is 5.92 Å². The van der Waals surface area contributed by atoms with Crippen molar-refractivity contribution in [3.05, 3.63) is 174 Å². The lowest BCUT2D eigenvalue weighted by atomic mass is 9.75. The van der Waals surface area contributed by atoms with Crippen LogP contribution in [0.3, 0.4) is 0 Å². The van der Waals surface area contributed by atoms with Gasteiger partial charge < -0.3 is 5.32 Å². The highest BCUT2D eigenvalue weighted by atomic mass is 15.2. The molecule has 11 rings (SSSR count). The van der Waals surface area contributed by atoms with Gasteiger partial charge in [0, 0.05) is 45.1 Å². The molecule has 5 atom stereocenters. The van der Waals surface area contributed by atoms with Crippen LogP contribution in [0.5, 0.6) is 0 Å². The molecule has 246 valence electrons.